The lowest BCUT2D eigenvalue weighted by Gasteiger charge is -2.43. The fraction of sp³-hybridized carbons (Fsp3) is 0.857. The Morgan fingerprint density at radius 3 is 2.95 bits per heavy atom. The molecule has 108 valence electrons. The number of hydrogen-bond acceptors (Lipinski definition) is 4. The Morgan fingerprint density at radius 1 is 1.53 bits per heavy atom. The molecule has 19 heavy (non-hydrogen) atoms. The average Bonchev–Trinajstić information content (AvgIpc) is 2.83. The summed E-state index contributed by atoms with van der Waals surface area (Å²) in [5, 5.41) is 4.24. The highest BCUT2D eigenvalue weighted by molar-refractivity contribution is 4.96. The third-order valence-electron chi connectivity index (χ3n) is 4.69. The summed E-state index contributed by atoms with van der Waals surface area (Å²) < 4.78 is 1.96. The van der Waals surface area contributed by atoms with E-state index in [2.05, 4.69) is 36.3 Å². The van der Waals surface area contributed by atoms with Gasteiger partial charge in [0.05, 0.1) is 0 Å². The van der Waals surface area contributed by atoms with Gasteiger partial charge in [0.15, 0.2) is 0 Å². The van der Waals surface area contributed by atoms with Crippen molar-refractivity contribution in [3.05, 3.63) is 12.2 Å². The van der Waals surface area contributed by atoms with Crippen molar-refractivity contribution in [2.45, 2.75) is 65.5 Å². The second kappa shape index (κ2) is 6.01. The number of hydrogen-bond donors (Lipinski definition) is 2. The molecular weight excluding hydrogens is 238 g/mol. The number of aromatic nitrogens is 3. The molecule has 1 heterocycles. The van der Waals surface area contributed by atoms with Crippen LogP contribution in [0.1, 0.15) is 52.3 Å². The van der Waals surface area contributed by atoms with Gasteiger partial charge in [-0.3, -0.25) is 16.0 Å². The van der Waals surface area contributed by atoms with Crippen LogP contribution in [0.4, 0.5) is 0 Å². The van der Waals surface area contributed by atoms with Crippen molar-refractivity contribution < 1.29 is 0 Å². The zero-order chi connectivity index (χ0) is 13.9. The van der Waals surface area contributed by atoms with Crippen LogP contribution in [0.3, 0.4) is 0 Å². The van der Waals surface area contributed by atoms with Gasteiger partial charge in [0.25, 0.3) is 0 Å². The van der Waals surface area contributed by atoms with E-state index in [0.717, 1.165) is 18.8 Å². The van der Waals surface area contributed by atoms with Crippen LogP contribution in [0, 0.1) is 11.3 Å². The minimum Gasteiger partial charge on any atom is -0.271 e. The first kappa shape index (κ1) is 14.5. The lowest BCUT2D eigenvalue weighted by atomic mass is 9.65. The smallest absolute Gasteiger partial charge is 0.138 e. The summed E-state index contributed by atoms with van der Waals surface area (Å²) in [5.41, 5.74) is 3.39. The summed E-state index contributed by atoms with van der Waals surface area (Å²) in [7, 11) is 0. The first-order chi connectivity index (χ1) is 9.08. The van der Waals surface area contributed by atoms with E-state index in [0.29, 0.717) is 11.3 Å². The van der Waals surface area contributed by atoms with Gasteiger partial charge in [-0.05, 0) is 31.1 Å². The van der Waals surface area contributed by atoms with Gasteiger partial charge in [-0.1, -0.05) is 26.7 Å². The Kier molecular flexibility index (Phi) is 4.58. The van der Waals surface area contributed by atoms with E-state index in [1.807, 2.05) is 4.68 Å². The molecule has 2 unspecified atom stereocenters. The summed E-state index contributed by atoms with van der Waals surface area (Å²) in [6, 6.07) is 0.282. The van der Waals surface area contributed by atoms with Crippen LogP contribution in [-0.2, 0) is 13.0 Å². The van der Waals surface area contributed by atoms with E-state index in [9.17, 15) is 0 Å². The Morgan fingerprint density at radius 2 is 2.32 bits per heavy atom. The maximum Gasteiger partial charge on any atom is 0.138 e. The molecule has 5 heteroatoms. The van der Waals surface area contributed by atoms with Crippen molar-refractivity contribution in [2.24, 2.45) is 17.2 Å². The molecule has 0 saturated heterocycles. The number of aryl methyl sites for hydroxylation is 1. The molecule has 1 aliphatic rings. The Hall–Kier alpha value is -0.940. The third-order valence-corrected chi connectivity index (χ3v) is 4.69. The molecule has 0 aromatic carbocycles. The van der Waals surface area contributed by atoms with Crippen molar-refractivity contribution in [3.63, 3.8) is 0 Å². The topological polar surface area (TPSA) is 68.8 Å². The molecule has 0 spiro atoms. The lowest BCUT2D eigenvalue weighted by Crippen LogP contribution is -2.49. The second-order valence-corrected chi connectivity index (χ2v) is 6.31. The summed E-state index contributed by atoms with van der Waals surface area (Å²) in [6.07, 6.45) is 7.69. The molecule has 2 atom stereocenters. The van der Waals surface area contributed by atoms with E-state index in [4.69, 9.17) is 5.84 Å². The predicted octanol–water partition coefficient (Wildman–Crippen LogP) is 1.89. The van der Waals surface area contributed by atoms with Gasteiger partial charge in [0.1, 0.15) is 12.2 Å². The summed E-state index contributed by atoms with van der Waals surface area (Å²) >= 11 is 0. The molecule has 3 N–H and O–H groups in total. The molecule has 0 aliphatic heterocycles. The van der Waals surface area contributed by atoms with Gasteiger partial charge < -0.3 is 0 Å². The maximum atomic E-state index is 5.83. The van der Waals surface area contributed by atoms with E-state index >= 15 is 0 Å². The highest BCUT2D eigenvalue weighted by Gasteiger charge is 2.37. The fourth-order valence-electron chi connectivity index (χ4n) is 3.49. The first-order valence-electron chi connectivity index (χ1n) is 7.41. The molecular formula is C14H27N5. The van der Waals surface area contributed by atoms with Crippen LogP contribution in [0.5, 0.6) is 0 Å². The zero-order valence-corrected chi connectivity index (χ0v) is 12.4. The van der Waals surface area contributed by atoms with Crippen molar-refractivity contribution in [2.75, 3.05) is 0 Å². The number of nitrogens with zero attached hydrogens (tertiary/aromatic N) is 3. The fourth-order valence-corrected chi connectivity index (χ4v) is 3.49. The molecule has 0 amide bonds. The minimum atomic E-state index is 0.282. The number of nitrogens with two attached hydrogens (primary N) is 1. The van der Waals surface area contributed by atoms with Crippen LogP contribution < -0.4 is 11.3 Å². The van der Waals surface area contributed by atoms with E-state index in [1.54, 1.807) is 6.33 Å². The van der Waals surface area contributed by atoms with Crippen LogP contribution in [-0.4, -0.2) is 20.8 Å². The molecule has 1 aromatic heterocycles. The molecule has 0 radical (unpaired) electrons. The first-order valence-corrected chi connectivity index (χ1v) is 7.41. The van der Waals surface area contributed by atoms with Crippen LogP contribution in [0.25, 0.3) is 0 Å². The van der Waals surface area contributed by atoms with Gasteiger partial charge >= 0.3 is 0 Å². The normalized spacial score (nSPS) is 24.3. The van der Waals surface area contributed by atoms with Crippen LogP contribution in [0.15, 0.2) is 6.33 Å². The molecule has 1 saturated carbocycles. The summed E-state index contributed by atoms with van der Waals surface area (Å²) in [5.74, 6) is 7.46. The Balaban J connectivity index is 2.11. The number of rotatable bonds is 5. The SMILES string of the molecule is CCn1ncnc1CC(NN)C1CCCCC1(C)C. The van der Waals surface area contributed by atoms with Gasteiger partial charge in [0, 0.05) is 19.0 Å². The number of nitrogens with one attached hydrogen (secondary N) is 1. The van der Waals surface area contributed by atoms with E-state index in [-0.39, 0.29) is 6.04 Å². The van der Waals surface area contributed by atoms with Crippen molar-refractivity contribution in [3.8, 4) is 0 Å². The van der Waals surface area contributed by atoms with Crippen molar-refractivity contribution in [1.82, 2.24) is 20.2 Å². The quantitative estimate of drug-likeness (QED) is 0.630. The van der Waals surface area contributed by atoms with Crippen LogP contribution in [0.2, 0.25) is 0 Å². The highest BCUT2D eigenvalue weighted by atomic mass is 15.3. The summed E-state index contributed by atoms with van der Waals surface area (Å²) in [6.45, 7) is 7.69. The van der Waals surface area contributed by atoms with Gasteiger partial charge in [-0.15, -0.1) is 0 Å². The van der Waals surface area contributed by atoms with Gasteiger partial charge in [0.2, 0.25) is 0 Å². The molecule has 5 nitrogen and oxygen atoms in total. The molecule has 1 aliphatic carbocycles. The highest BCUT2D eigenvalue weighted by Crippen LogP contribution is 2.42. The van der Waals surface area contributed by atoms with Crippen molar-refractivity contribution in [1.29, 1.82) is 0 Å². The molecule has 1 fully saturated rings. The Labute approximate surface area is 115 Å². The minimum absolute atomic E-state index is 0.282. The monoisotopic (exact) mass is 265 g/mol. The van der Waals surface area contributed by atoms with E-state index in [1.165, 1.54) is 25.7 Å². The van der Waals surface area contributed by atoms with Gasteiger partial charge in [-0.25, -0.2) is 4.98 Å². The number of hydrazine groups is 1. The lowest BCUT2D eigenvalue weighted by molar-refractivity contribution is 0.0969. The standard InChI is InChI=1S/C14H27N5/c1-4-19-13(16-10-17-19)9-12(18-15)11-7-5-6-8-14(11,2)3/h10-12,18H,4-9,15H2,1-3H3. The molecule has 1 aromatic rings. The molecule has 0 bridgehead atoms. The molecule has 2 rings (SSSR count). The van der Waals surface area contributed by atoms with Gasteiger partial charge in [-0.2, -0.15) is 5.10 Å². The Bertz CT molecular complexity index is 398. The second-order valence-electron chi connectivity index (χ2n) is 6.31. The van der Waals surface area contributed by atoms with Crippen LogP contribution >= 0.6 is 0 Å². The van der Waals surface area contributed by atoms with E-state index < -0.39 is 0 Å². The average molecular weight is 265 g/mol. The zero-order valence-electron chi connectivity index (χ0n) is 12.4. The maximum absolute atomic E-state index is 5.83. The van der Waals surface area contributed by atoms with Crippen molar-refractivity contribution >= 4 is 0 Å². The largest absolute Gasteiger partial charge is 0.271 e. The summed E-state index contributed by atoms with van der Waals surface area (Å²) in [4.78, 5) is 4.37. The predicted molar refractivity (Wildman–Crippen MR) is 76.3 cm³/mol. The third kappa shape index (κ3) is 3.15.